The first-order valence-corrected chi connectivity index (χ1v) is 5.83. The van der Waals surface area contributed by atoms with Gasteiger partial charge in [-0.05, 0) is 24.6 Å². The SMILES string of the molecule is COC(OC)C(C)NCc1ccc(C(F)(F)F)cc1. The summed E-state index contributed by atoms with van der Waals surface area (Å²) < 4.78 is 47.3. The van der Waals surface area contributed by atoms with Crippen LogP contribution in [-0.4, -0.2) is 26.6 Å². The van der Waals surface area contributed by atoms with E-state index in [1.54, 1.807) is 0 Å². The molecule has 1 N–H and O–H groups in total. The van der Waals surface area contributed by atoms with E-state index in [-0.39, 0.29) is 6.04 Å². The number of alkyl halides is 3. The van der Waals surface area contributed by atoms with E-state index in [4.69, 9.17) is 9.47 Å². The molecule has 0 saturated carbocycles. The van der Waals surface area contributed by atoms with Crippen molar-refractivity contribution in [3.63, 3.8) is 0 Å². The average molecular weight is 277 g/mol. The van der Waals surface area contributed by atoms with Gasteiger partial charge in [-0.25, -0.2) is 0 Å². The Morgan fingerprint density at radius 1 is 1.11 bits per heavy atom. The molecule has 0 amide bonds. The molecule has 1 aromatic rings. The summed E-state index contributed by atoms with van der Waals surface area (Å²) in [4.78, 5) is 0. The summed E-state index contributed by atoms with van der Waals surface area (Å²) in [5.74, 6) is 0. The van der Waals surface area contributed by atoms with E-state index in [2.05, 4.69) is 5.32 Å². The van der Waals surface area contributed by atoms with Crippen LogP contribution in [0, 0.1) is 0 Å². The van der Waals surface area contributed by atoms with E-state index in [0.717, 1.165) is 17.7 Å². The van der Waals surface area contributed by atoms with Gasteiger partial charge in [0.05, 0.1) is 11.6 Å². The van der Waals surface area contributed by atoms with Crippen LogP contribution in [0.1, 0.15) is 18.1 Å². The summed E-state index contributed by atoms with van der Waals surface area (Å²) in [6, 6.07) is 4.99. The number of benzene rings is 1. The van der Waals surface area contributed by atoms with Gasteiger partial charge in [-0.3, -0.25) is 0 Å². The van der Waals surface area contributed by atoms with Gasteiger partial charge in [-0.2, -0.15) is 13.2 Å². The minimum absolute atomic E-state index is 0.0720. The van der Waals surface area contributed by atoms with Crippen molar-refractivity contribution < 1.29 is 22.6 Å². The maximum absolute atomic E-state index is 12.4. The molecule has 1 unspecified atom stereocenters. The number of rotatable bonds is 6. The van der Waals surface area contributed by atoms with Crippen LogP contribution >= 0.6 is 0 Å². The molecule has 0 aliphatic heterocycles. The van der Waals surface area contributed by atoms with Crippen molar-refractivity contribution in [2.75, 3.05) is 14.2 Å². The quantitative estimate of drug-likeness (QED) is 0.811. The smallest absolute Gasteiger partial charge is 0.354 e. The van der Waals surface area contributed by atoms with Crippen LogP contribution in [0.25, 0.3) is 0 Å². The summed E-state index contributed by atoms with van der Waals surface area (Å²) in [5, 5.41) is 3.13. The van der Waals surface area contributed by atoms with Gasteiger partial charge in [-0.15, -0.1) is 0 Å². The largest absolute Gasteiger partial charge is 0.416 e. The summed E-state index contributed by atoms with van der Waals surface area (Å²) in [7, 11) is 3.06. The van der Waals surface area contributed by atoms with Crippen molar-refractivity contribution in [1.29, 1.82) is 0 Å². The predicted molar refractivity (Wildman–Crippen MR) is 65.6 cm³/mol. The molecule has 0 radical (unpaired) electrons. The third-order valence-corrected chi connectivity index (χ3v) is 2.78. The molecule has 1 atom stereocenters. The Balaban J connectivity index is 2.55. The molecular formula is C13H18F3NO2. The third kappa shape index (κ3) is 4.81. The summed E-state index contributed by atoms with van der Waals surface area (Å²) in [5.41, 5.74) is 0.127. The van der Waals surface area contributed by atoms with Gasteiger partial charge < -0.3 is 14.8 Å². The molecular weight excluding hydrogens is 259 g/mol. The average Bonchev–Trinajstić information content (AvgIpc) is 2.37. The lowest BCUT2D eigenvalue weighted by Crippen LogP contribution is -2.39. The highest BCUT2D eigenvalue weighted by Gasteiger charge is 2.29. The molecule has 6 heteroatoms. The summed E-state index contributed by atoms with van der Waals surface area (Å²) in [6.07, 6.45) is -4.69. The van der Waals surface area contributed by atoms with Crippen LogP contribution < -0.4 is 5.32 Å². The lowest BCUT2D eigenvalue weighted by Gasteiger charge is -2.22. The zero-order valence-electron chi connectivity index (χ0n) is 11.1. The number of methoxy groups -OCH3 is 2. The number of halogens is 3. The van der Waals surface area contributed by atoms with E-state index in [1.807, 2.05) is 6.92 Å². The minimum atomic E-state index is -4.30. The number of hydrogen-bond acceptors (Lipinski definition) is 3. The number of ether oxygens (including phenoxy) is 2. The van der Waals surface area contributed by atoms with Gasteiger partial charge in [0.2, 0.25) is 0 Å². The molecule has 0 aliphatic carbocycles. The first kappa shape index (κ1) is 15.9. The zero-order chi connectivity index (χ0) is 14.5. The maximum Gasteiger partial charge on any atom is 0.416 e. The molecule has 0 fully saturated rings. The number of hydrogen-bond donors (Lipinski definition) is 1. The highest BCUT2D eigenvalue weighted by atomic mass is 19.4. The maximum atomic E-state index is 12.4. The second-order valence-electron chi connectivity index (χ2n) is 4.20. The monoisotopic (exact) mass is 277 g/mol. The molecule has 3 nitrogen and oxygen atoms in total. The van der Waals surface area contributed by atoms with Crippen LogP contribution in [-0.2, 0) is 22.2 Å². The van der Waals surface area contributed by atoms with Crippen molar-refractivity contribution in [1.82, 2.24) is 5.32 Å². The van der Waals surface area contributed by atoms with Crippen LogP contribution in [0.3, 0.4) is 0 Å². The molecule has 108 valence electrons. The van der Waals surface area contributed by atoms with Gasteiger partial charge in [0.25, 0.3) is 0 Å². The standard InChI is InChI=1S/C13H18F3NO2/c1-9(12(18-2)19-3)17-8-10-4-6-11(7-5-10)13(14,15)16/h4-7,9,12,17H,8H2,1-3H3. The highest BCUT2D eigenvalue weighted by Crippen LogP contribution is 2.29. The second kappa shape index (κ2) is 6.88. The van der Waals surface area contributed by atoms with Gasteiger partial charge >= 0.3 is 6.18 Å². The third-order valence-electron chi connectivity index (χ3n) is 2.78. The molecule has 0 heterocycles. The second-order valence-corrected chi connectivity index (χ2v) is 4.20. The normalized spacial score (nSPS) is 13.8. The fraction of sp³-hybridized carbons (Fsp3) is 0.538. The van der Waals surface area contributed by atoms with E-state index in [1.165, 1.54) is 26.4 Å². The minimum Gasteiger partial charge on any atom is -0.354 e. The molecule has 0 saturated heterocycles. The van der Waals surface area contributed by atoms with E-state index < -0.39 is 18.0 Å². The Bertz CT molecular complexity index is 374. The number of nitrogens with one attached hydrogen (secondary N) is 1. The Kier molecular flexibility index (Phi) is 5.78. The van der Waals surface area contributed by atoms with Crippen LogP contribution in [0.2, 0.25) is 0 Å². The molecule has 0 spiro atoms. The Morgan fingerprint density at radius 3 is 2.05 bits per heavy atom. The van der Waals surface area contributed by atoms with Crippen LogP contribution in [0.5, 0.6) is 0 Å². The Hall–Kier alpha value is -1.11. The van der Waals surface area contributed by atoms with Gasteiger partial charge in [0.1, 0.15) is 0 Å². The van der Waals surface area contributed by atoms with Crippen molar-refractivity contribution in [2.45, 2.75) is 32.0 Å². The van der Waals surface area contributed by atoms with Crippen LogP contribution in [0.4, 0.5) is 13.2 Å². The van der Waals surface area contributed by atoms with Crippen molar-refractivity contribution in [3.8, 4) is 0 Å². The van der Waals surface area contributed by atoms with Crippen molar-refractivity contribution >= 4 is 0 Å². The molecule has 0 aliphatic rings. The molecule has 1 rings (SSSR count). The lowest BCUT2D eigenvalue weighted by atomic mass is 10.1. The van der Waals surface area contributed by atoms with E-state index >= 15 is 0 Å². The Labute approximate surface area is 110 Å². The fourth-order valence-corrected chi connectivity index (χ4v) is 1.69. The summed E-state index contributed by atoms with van der Waals surface area (Å²) >= 11 is 0. The van der Waals surface area contributed by atoms with Crippen LogP contribution in [0.15, 0.2) is 24.3 Å². The lowest BCUT2D eigenvalue weighted by molar-refractivity contribution is -0.137. The van der Waals surface area contributed by atoms with Gasteiger partial charge in [0.15, 0.2) is 6.29 Å². The Morgan fingerprint density at radius 2 is 1.63 bits per heavy atom. The highest BCUT2D eigenvalue weighted by molar-refractivity contribution is 5.24. The fourth-order valence-electron chi connectivity index (χ4n) is 1.69. The first-order valence-electron chi connectivity index (χ1n) is 5.83. The van der Waals surface area contributed by atoms with Gasteiger partial charge in [0, 0.05) is 20.8 Å². The van der Waals surface area contributed by atoms with Crippen molar-refractivity contribution in [3.05, 3.63) is 35.4 Å². The molecule has 1 aromatic carbocycles. The van der Waals surface area contributed by atoms with Crippen molar-refractivity contribution in [2.24, 2.45) is 0 Å². The topological polar surface area (TPSA) is 30.5 Å². The predicted octanol–water partition coefficient (Wildman–Crippen LogP) is 2.80. The molecule has 0 bridgehead atoms. The molecule has 0 aromatic heterocycles. The zero-order valence-corrected chi connectivity index (χ0v) is 11.1. The van der Waals surface area contributed by atoms with E-state index in [9.17, 15) is 13.2 Å². The first-order chi connectivity index (χ1) is 8.88. The molecule has 19 heavy (non-hydrogen) atoms. The summed E-state index contributed by atoms with van der Waals surface area (Å²) in [6.45, 7) is 2.32. The van der Waals surface area contributed by atoms with Gasteiger partial charge in [-0.1, -0.05) is 12.1 Å². The van der Waals surface area contributed by atoms with E-state index in [0.29, 0.717) is 6.54 Å².